The third kappa shape index (κ3) is 7.19. The molecule has 0 bridgehead atoms. The second kappa shape index (κ2) is 13.2. The second-order valence-electron chi connectivity index (χ2n) is 6.13. The van der Waals surface area contributed by atoms with Gasteiger partial charge in [0.15, 0.2) is 6.10 Å². The molecule has 1 aliphatic carbocycles. The number of hydrogen-bond acceptors (Lipinski definition) is 5. The highest BCUT2D eigenvalue weighted by molar-refractivity contribution is 5.66. The van der Waals surface area contributed by atoms with Crippen molar-refractivity contribution in [3.63, 3.8) is 0 Å². The lowest BCUT2D eigenvalue weighted by Crippen LogP contribution is -2.44. The smallest absolute Gasteiger partial charge is 0.303 e. The molecular weight excluding hydrogens is 304 g/mol. The van der Waals surface area contributed by atoms with E-state index in [1.165, 1.54) is 39.7 Å². The Hall–Kier alpha value is -1.12. The van der Waals surface area contributed by atoms with E-state index in [-0.39, 0.29) is 11.6 Å². The molecule has 2 fully saturated rings. The number of nitriles is 1. The standard InChI is InChI=1S/C16H25NO3.C2H6.CH5N/c1-13(18)20-15(12-17)11-14-7-3-5-9-16(14)8-4-2-6-10-19-16;2*1-2/h14-15H,2-11H2,1H3;1-2H3;2H2,1H3. The van der Waals surface area contributed by atoms with Gasteiger partial charge in [-0.25, -0.2) is 0 Å². The number of carbonyl (C=O) groups excluding carboxylic acids is 1. The van der Waals surface area contributed by atoms with Gasteiger partial charge in [-0.15, -0.1) is 0 Å². The molecule has 1 saturated carbocycles. The molecule has 140 valence electrons. The van der Waals surface area contributed by atoms with Crippen molar-refractivity contribution in [1.82, 2.24) is 0 Å². The van der Waals surface area contributed by atoms with Gasteiger partial charge >= 0.3 is 5.97 Å². The third-order valence-electron chi connectivity index (χ3n) is 4.73. The Kier molecular flexibility index (Phi) is 12.6. The lowest BCUT2D eigenvalue weighted by Gasteiger charge is -2.44. The van der Waals surface area contributed by atoms with Gasteiger partial charge < -0.3 is 15.2 Å². The Bertz CT molecular complexity index is 371. The molecule has 2 N–H and O–H groups in total. The van der Waals surface area contributed by atoms with Gasteiger partial charge in [-0.2, -0.15) is 5.26 Å². The molecule has 2 aliphatic rings. The van der Waals surface area contributed by atoms with Gasteiger partial charge in [0.2, 0.25) is 0 Å². The highest BCUT2D eigenvalue weighted by atomic mass is 16.5. The van der Waals surface area contributed by atoms with Crippen LogP contribution in [0.15, 0.2) is 0 Å². The van der Waals surface area contributed by atoms with E-state index in [1.54, 1.807) is 0 Å². The molecule has 3 unspecified atom stereocenters. The molecule has 3 atom stereocenters. The van der Waals surface area contributed by atoms with Crippen LogP contribution in [0.4, 0.5) is 0 Å². The van der Waals surface area contributed by atoms with E-state index < -0.39 is 6.10 Å². The Morgan fingerprint density at radius 3 is 2.46 bits per heavy atom. The number of hydrogen-bond donors (Lipinski definition) is 1. The minimum Gasteiger partial charge on any atom is -0.447 e. The average molecular weight is 341 g/mol. The number of rotatable bonds is 3. The summed E-state index contributed by atoms with van der Waals surface area (Å²) in [4.78, 5) is 11.1. The Labute approximate surface area is 147 Å². The second-order valence-corrected chi connectivity index (χ2v) is 6.13. The number of esters is 1. The highest BCUT2D eigenvalue weighted by Crippen LogP contribution is 2.44. The van der Waals surface area contributed by atoms with Crippen molar-refractivity contribution in [3.8, 4) is 6.07 Å². The summed E-state index contributed by atoms with van der Waals surface area (Å²) in [6, 6.07) is 2.12. The molecule has 0 aromatic heterocycles. The topological polar surface area (TPSA) is 85.3 Å². The lowest BCUT2D eigenvalue weighted by atomic mass is 9.70. The predicted octanol–water partition coefficient (Wildman–Crippen LogP) is 3.95. The quantitative estimate of drug-likeness (QED) is 0.786. The first kappa shape index (κ1) is 22.9. The summed E-state index contributed by atoms with van der Waals surface area (Å²) in [7, 11) is 1.50. The Morgan fingerprint density at radius 2 is 1.88 bits per heavy atom. The zero-order chi connectivity index (χ0) is 18.4. The molecule has 1 spiro atoms. The molecule has 5 nitrogen and oxygen atoms in total. The largest absolute Gasteiger partial charge is 0.447 e. The summed E-state index contributed by atoms with van der Waals surface area (Å²) in [5.41, 5.74) is 4.43. The molecule has 24 heavy (non-hydrogen) atoms. The first-order valence-electron chi connectivity index (χ1n) is 9.45. The van der Waals surface area contributed by atoms with Crippen LogP contribution in [-0.2, 0) is 14.3 Å². The monoisotopic (exact) mass is 340 g/mol. The molecule has 1 saturated heterocycles. The zero-order valence-corrected chi connectivity index (χ0v) is 16.0. The fourth-order valence-corrected chi connectivity index (χ4v) is 3.77. The normalized spacial score (nSPS) is 27.2. The van der Waals surface area contributed by atoms with Gasteiger partial charge in [0, 0.05) is 20.0 Å². The maximum absolute atomic E-state index is 11.1. The third-order valence-corrected chi connectivity index (χ3v) is 4.73. The first-order valence-corrected chi connectivity index (χ1v) is 9.45. The van der Waals surface area contributed by atoms with Crippen LogP contribution >= 0.6 is 0 Å². The summed E-state index contributed by atoms with van der Waals surface area (Å²) < 4.78 is 11.4. The fourth-order valence-electron chi connectivity index (χ4n) is 3.77. The molecule has 2 rings (SSSR count). The summed E-state index contributed by atoms with van der Waals surface area (Å²) in [5.74, 6) is -0.0263. The number of carbonyl (C=O) groups is 1. The fraction of sp³-hybridized carbons (Fsp3) is 0.895. The van der Waals surface area contributed by atoms with E-state index >= 15 is 0 Å². The van der Waals surface area contributed by atoms with Crippen LogP contribution < -0.4 is 5.73 Å². The van der Waals surface area contributed by atoms with Crippen molar-refractivity contribution in [2.24, 2.45) is 11.7 Å². The summed E-state index contributed by atoms with van der Waals surface area (Å²) in [5, 5.41) is 9.18. The van der Waals surface area contributed by atoms with Gasteiger partial charge in [-0.3, -0.25) is 4.79 Å². The van der Waals surface area contributed by atoms with Crippen LogP contribution in [-0.4, -0.2) is 31.3 Å². The summed E-state index contributed by atoms with van der Waals surface area (Å²) in [6.45, 7) is 6.20. The van der Waals surface area contributed by atoms with E-state index in [0.29, 0.717) is 12.3 Å². The highest BCUT2D eigenvalue weighted by Gasteiger charge is 2.43. The molecule has 1 aliphatic heterocycles. The van der Waals surface area contributed by atoms with Crippen molar-refractivity contribution >= 4 is 5.97 Å². The molecule has 0 aromatic rings. The van der Waals surface area contributed by atoms with Gasteiger partial charge in [-0.1, -0.05) is 39.5 Å². The molecule has 1 heterocycles. The van der Waals surface area contributed by atoms with Crippen LogP contribution in [0.3, 0.4) is 0 Å². The van der Waals surface area contributed by atoms with Gasteiger partial charge in [-0.05, 0) is 38.6 Å². The van der Waals surface area contributed by atoms with Crippen molar-refractivity contribution in [2.75, 3.05) is 13.7 Å². The van der Waals surface area contributed by atoms with Gasteiger partial charge in [0.25, 0.3) is 0 Å². The maximum atomic E-state index is 11.1. The van der Waals surface area contributed by atoms with E-state index in [2.05, 4.69) is 11.8 Å². The minimum atomic E-state index is -0.626. The first-order chi connectivity index (χ1) is 11.7. The lowest BCUT2D eigenvalue weighted by molar-refractivity contribution is -0.148. The average Bonchev–Trinajstić information content (AvgIpc) is 2.86. The van der Waals surface area contributed by atoms with Crippen molar-refractivity contribution in [1.29, 1.82) is 5.26 Å². The van der Waals surface area contributed by atoms with Crippen LogP contribution in [0.25, 0.3) is 0 Å². The number of nitrogens with zero attached hydrogens (tertiary/aromatic N) is 1. The number of ether oxygens (including phenoxy) is 2. The molecule has 0 aromatic carbocycles. The van der Waals surface area contributed by atoms with Crippen LogP contribution in [0.2, 0.25) is 0 Å². The van der Waals surface area contributed by atoms with Crippen molar-refractivity contribution in [3.05, 3.63) is 0 Å². The molecule has 0 amide bonds. The van der Waals surface area contributed by atoms with E-state index in [0.717, 1.165) is 32.3 Å². The predicted molar refractivity (Wildman–Crippen MR) is 96.4 cm³/mol. The van der Waals surface area contributed by atoms with E-state index in [1.807, 2.05) is 13.8 Å². The van der Waals surface area contributed by atoms with Crippen molar-refractivity contribution in [2.45, 2.75) is 90.3 Å². The van der Waals surface area contributed by atoms with Crippen molar-refractivity contribution < 1.29 is 14.3 Å². The Balaban J connectivity index is 0.00000123. The molecular formula is C19H36N2O3. The SMILES string of the molecule is CC.CC(=O)OC(C#N)CC1CCCCC12CCCCCO2.CN. The van der Waals surface area contributed by atoms with Crippen LogP contribution in [0, 0.1) is 17.2 Å². The minimum absolute atomic E-state index is 0.0655. The molecule has 5 heteroatoms. The van der Waals surface area contributed by atoms with Crippen LogP contribution in [0.5, 0.6) is 0 Å². The van der Waals surface area contributed by atoms with Gasteiger partial charge in [0.1, 0.15) is 6.07 Å². The molecule has 0 radical (unpaired) electrons. The number of nitrogens with two attached hydrogens (primary N) is 1. The Morgan fingerprint density at radius 1 is 1.25 bits per heavy atom. The summed E-state index contributed by atoms with van der Waals surface area (Å²) in [6.07, 6.45) is 9.25. The van der Waals surface area contributed by atoms with Gasteiger partial charge in [0.05, 0.1) is 5.60 Å². The van der Waals surface area contributed by atoms with E-state index in [9.17, 15) is 10.1 Å². The van der Waals surface area contributed by atoms with Crippen LogP contribution in [0.1, 0.15) is 78.6 Å². The van der Waals surface area contributed by atoms with E-state index in [4.69, 9.17) is 9.47 Å². The summed E-state index contributed by atoms with van der Waals surface area (Å²) >= 11 is 0. The maximum Gasteiger partial charge on any atom is 0.303 e. The zero-order valence-electron chi connectivity index (χ0n) is 16.0.